The number of sulfone groups is 1. The maximum Gasteiger partial charge on any atom is 0.260 e. The number of fused-ring (bicyclic) bond motifs is 1. The third-order valence-corrected chi connectivity index (χ3v) is 7.32. The molecule has 1 saturated carbocycles. The van der Waals surface area contributed by atoms with Gasteiger partial charge in [0.15, 0.2) is 14.9 Å². The maximum absolute atomic E-state index is 13.8. The molecule has 9 nitrogen and oxygen atoms in total. The van der Waals surface area contributed by atoms with Crippen LogP contribution >= 0.6 is 0 Å². The molecule has 3 heterocycles. The van der Waals surface area contributed by atoms with E-state index in [1.165, 1.54) is 11.1 Å². The number of ether oxygens (including phenoxy) is 1. The number of rotatable bonds is 8. The zero-order chi connectivity index (χ0) is 26.2. The van der Waals surface area contributed by atoms with E-state index in [9.17, 15) is 13.2 Å². The van der Waals surface area contributed by atoms with Crippen LogP contribution in [0.25, 0.3) is 10.9 Å². The molecular weight excluding hydrogens is 490 g/mol. The molecule has 4 aromatic rings. The fourth-order valence-electron chi connectivity index (χ4n) is 4.27. The average Bonchev–Trinajstić information content (AvgIpc) is 3.73. The lowest BCUT2D eigenvalue weighted by Gasteiger charge is -2.24. The smallest absolute Gasteiger partial charge is 0.260 e. The van der Waals surface area contributed by atoms with Crippen LogP contribution < -0.4 is 10.6 Å². The van der Waals surface area contributed by atoms with Crippen LogP contribution in [-0.4, -0.2) is 42.6 Å². The summed E-state index contributed by atoms with van der Waals surface area (Å²) in [5.41, 5.74) is 9.83. The van der Waals surface area contributed by atoms with E-state index >= 15 is 0 Å². The number of pyridine rings is 3. The molecule has 0 saturated heterocycles. The minimum Gasteiger partial charge on any atom is -0.383 e. The molecule has 5 rings (SSSR count). The third-order valence-electron chi connectivity index (χ3n) is 6.30. The molecule has 190 valence electrons. The summed E-state index contributed by atoms with van der Waals surface area (Å²) >= 11 is 0. The van der Waals surface area contributed by atoms with E-state index in [1.54, 1.807) is 31.5 Å². The van der Waals surface area contributed by atoms with Gasteiger partial charge in [0.25, 0.3) is 5.91 Å². The summed E-state index contributed by atoms with van der Waals surface area (Å²) in [7, 11) is -2.11. The van der Waals surface area contributed by atoms with E-state index in [2.05, 4.69) is 15.0 Å². The van der Waals surface area contributed by atoms with Crippen LogP contribution in [0.2, 0.25) is 0 Å². The number of hydrogen-bond acceptors (Lipinski definition) is 8. The van der Waals surface area contributed by atoms with Crippen LogP contribution in [-0.2, 0) is 27.7 Å². The highest BCUT2D eigenvalue weighted by Crippen LogP contribution is 2.39. The van der Waals surface area contributed by atoms with Gasteiger partial charge in [0.2, 0.25) is 0 Å². The van der Waals surface area contributed by atoms with Crippen molar-refractivity contribution in [2.45, 2.75) is 36.9 Å². The number of nitrogens with two attached hydrogens (primary N) is 1. The van der Waals surface area contributed by atoms with Crippen LogP contribution in [0, 0.1) is 0 Å². The summed E-state index contributed by atoms with van der Waals surface area (Å²) in [6, 6.07) is 14.3. The zero-order valence-electron chi connectivity index (χ0n) is 20.6. The molecule has 0 spiro atoms. The molecule has 10 heteroatoms. The first-order valence-electron chi connectivity index (χ1n) is 11.8. The van der Waals surface area contributed by atoms with Crippen molar-refractivity contribution >= 4 is 38.2 Å². The Kier molecular flexibility index (Phi) is 6.61. The Morgan fingerprint density at radius 3 is 2.62 bits per heavy atom. The highest BCUT2D eigenvalue weighted by Gasteiger charge is 2.28. The highest BCUT2D eigenvalue weighted by atomic mass is 32.2. The summed E-state index contributed by atoms with van der Waals surface area (Å²) in [5, 5.41) is 0.708. The lowest BCUT2D eigenvalue weighted by molar-refractivity contribution is 0.0984. The molecule has 1 fully saturated rings. The fraction of sp³-hybridized carbons (Fsp3) is 0.259. The second-order valence-electron chi connectivity index (χ2n) is 9.23. The highest BCUT2D eigenvalue weighted by molar-refractivity contribution is 7.90. The summed E-state index contributed by atoms with van der Waals surface area (Å²) in [5.74, 6) is 0.445. The van der Waals surface area contributed by atoms with Crippen molar-refractivity contribution in [3.63, 3.8) is 0 Å². The van der Waals surface area contributed by atoms with Gasteiger partial charge in [0, 0.05) is 48.3 Å². The van der Waals surface area contributed by atoms with Gasteiger partial charge in [-0.2, -0.15) is 0 Å². The van der Waals surface area contributed by atoms with Crippen molar-refractivity contribution in [3.05, 3.63) is 83.3 Å². The van der Waals surface area contributed by atoms with Crippen LogP contribution in [0.5, 0.6) is 0 Å². The number of aromatic nitrogens is 3. The number of nitrogen functional groups attached to an aromatic ring is 1. The van der Waals surface area contributed by atoms with Crippen LogP contribution in [0.15, 0.2) is 66.0 Å². The monoisotopic (exact) mass is 517 g/mol. The van der Waals surface area contributed by atoms with E-state index in [0.29, 0.717) is 29.4 Å². The zero-order valence-corrected chi connectivity index (χ0v) is 21.4. The second kappa shape index (κ2) is 9.87. The first-order chi connectivity index (χ1) is 17.7. The molecule has 0 radical (unpaired) electrons. The van der Waals surface area contributed by atoms with E-state index in [0.717, 1.165) is 41.3 Å². The Bertz CT molecular complexity index is 1580. The number of methoxy groups -OCH3 is 1. The molecule has 0 unspecified atom stereocenters. The van der Waals surface area contributed by atoms with Gasteiger partial charge in [-0.15, -0.1) is 0 Å². The largest absolute Gasteiger partial charge is 0.383 e. The van der Waals surface area contributed by atoms with Crippen molar-refractivity contribution in [2.24, 2.45) is 0 Å². The number of amides is 1. The molecule has 3 aromatic heterocycles. The number of hydrogen-bond donors (Lipinski definition) is 1. The van der Waals surface area contributed by atoms with Gasteiger partial charge in [-0.25, -0.2) is 18.4 Å². The average molecular weight is 518 g/mol. The predicted molar refractivity (Wildman–Crippen MR) is 141 cm³/mol. The maximum atomic E-state index is 13.8. The van der Waals surface area contributed by atoms with Gasteiger partial charge >= 0.3 is 0 Å². The van der Waals surface area contributed by atoms with Crippen molar-refractivity contribution in [3.8, 4) is 0 Å². The van der Waals surface area contributed by atoms with Crippen LogP contribution in [0.3, 0.4) is 0 Å². The Labute approximate surface area is 215 Å². The van der Waals surface area contributed by atoms with E-state index in [1.807, 2.05) is 30.3 Å². The Balaban J connectivity index is 1.55. The quantitative estimate of drug-likeness (QED) is 0.373. The van der Waals surface area contributed by atoms with Gasteiger partial charge in [-0.3, -0.25) is 9.78 Å². The molecule has 0 atom stereocenters. The normalized spacial score (nSPS) is 13.6. The summed E-state index contributed by atoms with van der Waals surface area (Å²) in [6.45, 7) is 0.441. The molecule has 1 amide bonds. The number of benzene rings is 1. The van der Waals surface area contributed by atoms with Gasteiger partial charge in [0.05, 0.1) is 29.9 Å². The molecular formula is C27H27N5O4S. The summed E-state index contributed by atoms with van der Waals surface area (Å²) in [6.07, 6.45) is 6.24. The lowest BCUT2D eigenvalue weighted by atomic mass is 10.1. The molecule has 1 aromatic carbocycles. The van der Waals surface area contributed by atoms with E-state index < -0.39 is 9.84 Å². The lowest BCUT2D eigenvalue weighted by Crippen LogP contribution is -2.32. The molecule has 1 aliphatic rings. The topological polar surface area (TPSA) is 128 Å². The minimum absolute atomic E-state index is 0.0920. The van der Waals surface area contributed by atoms with Crippen molar-refractivity contribution < 1.29 is 17.9 Å². The van der Waals surface area contributed by atoms with E-state index in [4.69, 9.17) is 10.5 Å². The number of nitrogens with zero attached hydrogens (tertiary/aromatic N) is 4. The van der Waals surface area contributed by atoms with Gasteiger partial charge in [-0.1, -0.05) is 12.1 Å². The molecule has 2 N–H and O–H groups in total. The Morgan fingerprint density at radius 1 is 1.14 bits per heavy atom. The first kappa shape index (κ1) is 24.8. The molecule has 0 aliphatic heterocycles. The third kappa shape index (κ3) is 5.30. The number of anilines is 2. The Hall–Kier alpha value is -3.89. The van der Waals surface area contributed by atoms with Crippen molar-refractivity contribution in [2.75, 3.05) is 24.0 Å². The fourth-order valence-corrected chi connectivity index (χ4v) is 5.08. The van der Waals surface area contributed by atoms with Gasteiger partial charge < -0.3 is 15.4 Å². The standard InChI is InChI=1S/C27H27N5O4S/c1-36-16-21-13-19-6-5-17(12-23(19)31-25(21)28)15-32(24-4-3-11-29-26(24)37(2,34)35)27(33)20-9-10-22(30-14-20)18-7-8-18/h3-6,9-14,18H,7-8,15-16H2,1-2H3,(H2,28,31). The molecule has 37 heavy (non-hydrogen) atoms. The van der Waals surface area contributed by atoms with E-state index in [-0.39, 0.29) is 23.2 Å². The Morgan fingerprint density at radius 2 is 1.95 bits per heavy atom. The number of carbonyl (C=O) groups excluding carboxylic acids is 1. The molecule has 0 bridgehead atoms. The van der Waals surface area contributed by atoms with Crippen molar-refractivity contribution in [1.82, 2.24) is 15.0 Å². The number of carbonyl (C=O) groups is 1. The van der Waals surface area contributed by atoms with Crippen molar-refractivity contribution in [1.29, 1.82) is 0 Å². The van der Waals surface area contributed by atoms with Gasteiger partial charge in [-0.05, 0) is 54.8 Å². The summed E-state index contributed by atoms with van der Waals surface area (Å²) < 4.78 is 30.3. The van der Waals surface area contributed by atoms with Crippen LogP contribution in [0.1, 0.15) is 45.9 Å². The minimum atomic E-state index is -3.71. The SMILES string of the molecule is COCc1cc2ccc(CN(C(=O)c3ccc(C4CC4)nc3)c3cccnc3S(C)(=O)=O)cc2nc1N. The van der Waals surface area contributed by atoms with Crippen LogP contribution in [0.4, 0.5) is 11.5 Å². The summed E-state index contributed by atoms with van der Waals surface area (Å²) in [4.78, 5) is 28.3. The van der Waals surface area contributed by atoms with Gasteiger partial charge in [0.1, 0.15) is 5.82 Å². The molecule has 1 aliphatic carbocycles. The predicted octanol–water partition coefficient (Wildman–Crippen LogP) is 3.88. The second-order valence-corrected chi connectivity index (χ2v) is 11.2. The first-order valence-corrected chi connectivity index (χ1v) is 13.7.